The van der Waals surface area contributed by atoms with Gasteiger partial charge in [-0.05, 0) is 82.6 Å². The van der Waals surface area contributed by atoms with E-state index in [1.807, 2.05) is 17.9 Å². The van der Waals surface area contributed by atoms with Gasteiger partial charge in [0, 0.05) is 71.0 Å². The molecular weight excluding hydrogens is 736 g/mol. The maximum Gasteiger partial charge on any atom is 0.249 e. The van der Waals surface area contributed by atoms with Crippen LogP contribution in [0.15, 0.2) is 36.5 Å². The van der Waals surface area contributed by atoms with Gasteiger partial charge in [0.2, 0.25) is 12.3 Å². The number of benzene rings is 2. The SMILES string of the molecule is Cc1nc2c(F)c(-c3cccc(Cl)c3Cl)c(CCC#N)cc2c2c1cc(C1CC(n3cc(C(C)(C)C(F)F)nn3)CN1C(=O)C1CC1)n2C1C2CNC1C2. The Balaban J connectivity index is 1.25. The normalized spacial score (nSPS) is 23.9. The molecule has 5 fully saturated rings. The molecule has 3 aromatic heterocycles. The number of hydrogen-bond donors (Lipinski definition) is 1. The van der Waals surface area contributed by atoms with Crippen LogP contribution in [0.3, 0.4) is 0 Å². The van der Waals surface area contributed by atoms with E-state index in [2.05, 4.69) is 32.3 Å². The van der Waals surface area contributed by atoms with E-state index >= 15 is 4.39 Å². The molecule has 2 bridgehead atoms. The highest BCUT2D eigenvalue weighted by Gasteiger charge is 2.51. The summed E-state index contributed by atoms with van der Waals surface area (Å²) in [6, 6.07) is 11.0. The number of alkyl halides is 2. The van der Waals surface area contributed by atoms with Gasteiger partial charge in [-0.3, -0.25) is 4.79 Å². The highest BCUT2D eigenvalue weighted by atomic mass is 35.5. The van der Waals surface area contributed by atoms with E-state index in [4.69, 9.17) is 28.2 Å². The lowest BCUT2D eigenvalue weighted by molar-refractivity contribution is -0.133. The van der Waals surface area contributed by atoms with Crippen molar-refractivity contribution in [1.82, 2.24) is 34.8 Å². The van der Waals surface area contributed by atoms with Gasteiger partial charge in [-0.15, -0.1) is 5.10 Å². The second-order valence-corrected chi connectivity index (χ2v) is 16.8. The molecule has 6 heterocycles. The maximum atomic E-state index is 17.2. The molecule has 1 amide bonds. The lowest BCUT2D eigenvalue weighted by atomic mass is 9.79. The van der Waals surface area contributed by atoms with Crippen molar-refractivity contribution in [2.24, 2.45) is 11.8 Å². The molecule has 9 nitrogen and oxygen atoms in total. The topological polar surface area (TPSA) is 105 Å². The molecule has 2 saturated carbocycles. The standard InChI is InChI=1S/C40H39Cl2F3N8O/c1-19-25-15-30(29-14-23(17-51(29)38(54)20-9-10-20)52-18-31(49-50-52)40(2,3)39(44)45)53(36-22-13-28(36)47-16-22)37(25)26-12-21(6-5-11-46)32(34(43)35(26)48-19)24-7-4-8-27(41)33(24)42/h4,7-8,12,15,18,20,22-23,28-29,36,39,47H,5-6,9-10,13-14,16-17H2,1-3H3. The van der Waals surface area contributed by atoms with Crippen LogP contribution in [0.2, 0.25) is 10.0 Å². The van der Waals surface area contributed by atoms with Gasteiger partial charge >= 0.3 is 0 Å². The zero-order valence-electron chi connectivity index (χ0n) is 30.1. The van der Waals surface area contributed by atoms with Crippen LogP contribution in [0.5, 0.6) is 0 Å². The number of carbonyl (C=O) groups excluding carboxylic acids is 1. The van der Waals surface area contributed by atoms with Crippen molar-refractivity contribution in [1.29, 1.82) is 5.26 Å². The Morgan fingerprint density at radius 2 is 1.96 bits per heavy atom. The number of amides is 1. The predicted octanol–water partition coefficient (Wildman–Crippen LogP) is 8.66. The molecule has 5 aliphatic rings. The Morgan fingerprint density at radius 1 is 1.17 bits per heavy atom. The minimum Gasteiger partial charge on any atom is -0.337 e. The zero-order chi connectivity index (χ0) is 37.8. The number of nitrogens with one attached hydrogen (secondary N) is 1. The third-order valence-electron chi connectivity index (χ3n) is 12.4. The van der Waals surface area contributed by atoms with Gasteiger partial charge < -0.3 is 14.8 Å². The van der Waals surface area contributed by atoms with Crippen LogP contribution in [0.1, 0.15) is 86.7 Å². The molecule has 2 aliphatic carbocycles. The fraction of sp³-hybridized carbons (Fsp3) is 0.475. The van der Waals surface area contributed by atoms with Crippen molar-refractivity contribution in [3.63, 3.8) is 0 Å². The second kappa shape index (κ2) is 13.0. The quantitative estimate of drug-likeness (QED) is 0.161. The van der Waals surface area contributed by atoms with Gasteiger partial charge in [0.1, 0.15) is 5.52 Å². The molecule has 5 aromatic rings. The van der Waals surface area contributed by atoms with E-state index in [-0.39, 0.29) is 70.6 Å². The van der Waals surface area contributed by atoms with Crippen molar-refractivity contribution in [3.05, 3.63) is 75.0 Å². The first-order valence-corrected chi connectivity index (χ1v) is 19.4. The average molecular weight is 776 g/mol. The molecule has 3 saturated heterocycles. The minimum atomic E-state index is -2.62. The highest BCUT2D eigenvalue weighted by Crippen LogP contribution is 2.52. The van der Waals surface area contributed by atoms with Crippen molar-refractivity contribution in [2.75, 3.05) is 13.1 Å². The zero-order valence-corrected chi connectivity index (χ0v) is 31.6. The molecule has 10 rings (SSSR count). The van der Waals surface area contributed by atoms with Gasteiger partial charge in [-0.1, -0.05) is 40.5 Å². The summed E-state index contributed by atoms with van der Waals surface area (Å²) in [6.07, 6.45) is 2.63. The Labute approximate surface area is 320 Å². The molecule has 1 N–H and O–H groups in total. The first kappa shape index (κ1) is 35.5. The summed E-state index contributed by atoms with van der Waals surface area (Å²) in [6.45, 7) is 6.01. The number of pyridine rings is 1. The predicted molar refractivity (Wildman–Crippen MR) is 200 cm³/mol. The number of fused-ring (bicyclic) bond motifs is 4. The first-order valence-electron chi connectivity index (χ1n) is 18.6. The van der Waals surface area contributed by atoms with Gasteiger partial charge in [0.05, 0.1) is 50.9 Å². The van der Waals surface area contributed by atoms with Crippen LogP contribution < -0.4 is 5.32 Å². The average Bonchev–Trinajstić information content (AvgIpc) is 3.65. The van der Waals surface area contributed by atoms with Crippen LogP contribution in [0.25, 0.3) is 32.9 Å². The molecule has 0 radical (unpaired) electrons. The Kier molecular flexibility index (Phi) is 8.52. The number of carbonyl (C=O) groups is 1. The van der Waals surface area contributed by atoms with Crippen LogP contribution in [0.4, 0.5) is 13.2 Å². The van der Waals surface area contributed by atoms with Crippen molar-refractivity contribution >= 4 is 50.9 Å². The molecule has 5 atom stereocenters. The Hall–Kier alpha value is -4.18. The van der Waals surface area contributed by atoms with Crippen molar-refractivity contribution in [2.45, 2.75) is 95.3 Å². The van der Waals surface area contributed by atoms with E-state index < -0.39 is 17.7 Å². The largest absolute Gasteiger partial charge is 0.337 e. The van der Waals surface area contributed by atoms with E-state index in [1.165, 1.54) is 13.8 Å². The van der Waals surface area contributed by atoms with Crippen molar-refractivity contribution < 1.29 is 18.0 Å². The van der Waals surface area contributed by atoms with Crippen molar-refractivity contribution in [3.8, 4) is 17.2 Å². The number of likely N-dealkylation sites (tertiary alicyclic amines) is 1. The Bertz CT molecular complexity index is 2380. The molecule has 0 spiro atoms. The lowest BCUT2D eigenvalue weighted by Gasteiger charge is -2.39. The molecule has 3 aliphatic heterocycles. The van der Waals surface area contributed by atoms with Crippen LogP contribution in [0, 0.1) is 35.9 Å². The van der Waals surface area contributed by atoms with E-state index in [1.54, 1.807) is 29.1 Å². The number of nitrogens with zero attached hydrogens (tertiary/aromatic N) is 7. The fourth-order valence-corrected chi connectivity index (χ4v) is 9.45. The maximum absolute atomic E-state index is 17.2. The molecule has 14 heteroatoms. The summed E-state index contributed by atoms with van der Waals surface area (Å²) in [4.78, 5) is 20.9. The lowest BCUT2D eigenvalue weighted by Crippen LogP contribution is -2.41. The molecule has 2 aromatic carbocycles. The number of aryl methyl sites for hydroxylation is 2. The molecule has 5 unspecified atom stereocenters. The van der Waals surface area contributed by atoms with E-state index in [0.29, 0.717) is 46.1 Å². The van der Waals surface area contributed by atoms with Crippen LogP contribution in [-0.4, -0.2) is 60.9 Å². The minimum absolute atomic E-state index is 0.0486. The summed E-state index contributed by atoms with van der Waals surface area (Å²) < 4.78 is 49.1. The van der Waals surface area contributed by atoms with E-state index in [0.717, 1.165) is 42.4 Å². The summed E-state index contributed by atoms with van der Waals surface area (Å²) in [5.41, 5.74) is 2.70. The summed E-state index contributed by atoms with van der Waals surface area (Å²) in [5, 5.41) is 23.8. The van der Waals surface area contributed by atoms with Crippen LogP contribution >= 0.6 is 23.2 Å². The third-order valence-corrected chi connectivity index (χ3v) is 13.2. The monoisotopic (exact) mass is 774 g/mol. The smallest absolute Gasteiger partial charge is 0.249 e. The fourth-order valence-electron chi connectivity index (χ4n) is 9.05. The number of hydrogen-bond acceptors (Lipinski definition) is 6. The number of halogens is 5. The highest BCUT2D eigenvalue weighted by molar-refractivity contribution is 6.43. The molecule has 54 heavy (non-hydrogen) atoms. The number of aromatic nitrogens is 5. The molecular formula is C40H39Cl2F3N8O. The van der Waals surface area contributed by atoms with Crippen LogP contribution in [-0.2, 0) is 16.6 Å². The molecule has 280 valence electrons. The van der Waals surface area contributed by atoms with Gasteiger partial charge in [-0.2, -0.15) is 5.26 Å². The van der Waals surface area contributed by atoms with Gasteiger partial charge in [0.15, 0.2) is 5.82 Å². The first-order chi connectivity index (χ1) is 25.9. The van der Waals surface area contributed by atoms with E-state index in [9.17, 15) is 18.8 Å². The Morgan fingerprint density at radius 3 is 2.65 bits per heavy atom. The van der Waals surface area contributed by atoms with Gasteiger partial charge in [-0.25, -0.2) is 22.8 Å². The number of rotatable bonds is 9. The summed E-state index contributed by atoms with van der Waals surface area (Å²) >= 11 is 13.1. The summed E-state index contributed by atoms with van der Waals surface area (Å²) in [5.74, 6) is -0.152. The number of nitriles is 1. The second-order valence-electron chi connectivity index (χ2n) is 16.1. The third kappa shape index (κ3) is 5.44. The van der Waals surface area contributed by atoms with Gasteiger partial charge in [0.25, 0.3) is 0 Å². The summed E-state index contributed by atoms with van der Waals surface area (Å²) in [7, 11) is 0.